The van der Waals surface area contributed by atoms with Crippen molar-refractivity contribution in [2.24, 2.45) is 15.7 Å². The van der Waals surface area contributed by atoms with Gasteiger partial charge in [0.15, 0.2) is 11.8 Å². The van der Waals surface area contributed by atoms with E-state index in [0.29, 0.717) is 19.4 Å². The van der Waals surface area contributed by atoms with Gasteiger partial charge in [-0.2, -0.15) is 4.39 Å². The van der Waals surface area contributed by atoms with Gasteiger partial charge in [-0.05, 0) is 19.3 Å². The Morgan fingerprint density at radius 3 is 2.23 bits per heavy atom. The van der Waals surface area contributed by atoms with Crippen molar-refractivity contribution in [3.8, 4) is 0 Å². The molecule has 3 rings (SSSR count). The number of rotatable bonds is 14. The molecule has 0 aromatic carbocycles. The summed E-state index contributed by atoms with van der Waals surface area (Å²) in [5, 5.41) is 30.9. The predicted octanol–water partition coefficient (Wildman–Crippen LogP) is 2.48. The first-order valence-corrected chi connectivity index (χ1v) is 13.6. The van der Waals surface area contributed by atoms with E-state index in [-0.39, 0.29) is 12.3 Å². The van der Waals surface area contributed by atoms with E-state index in [1.54, 1.807) is 16.1 Å². The van der Waals surface area contributed by atoms with E-state index in [0.717, 1.165) is 51.4 Å². The summed E-state index contributed by atoms with van der Waals surface area (Å²) >= 11 is 0. The Bertz CT molecular complexity index is 743. The van der Waals surface area contributed by atoms with Gasteiger partial charge in [0.25, 0.3) is 5.92 Å². The molecule has 3 aliphatic rings. The zero-order valence-electron chi connectivity index (χ0n) is 21.7. The van der Waals surface area contributed by atoms with Gasteiger partial charge in [0.2, 0.25) is 0 Å². The van der Waals surface area contributed by atoms with Crippen molar-refractivity contribution in [2.75, 3.05) is 13.2 Å². The number of halogens is 1. The Kier molecular flexibility index (Phi) is 9.90. The van der Waals surface area contributed by atoms with Crippen LogP contribution >= 0.6 is 0 Å². The van der Waals surface area contributed by atoms with Crippen molar-refractivity contribution in [1.29, 1.82) is 0 Å². The van der Waals surface area contributed by atoms with Gasteiger partial charge in [-0.25, -0.2) is 9.89 Å². The zero-order chi connectivity index (χ0) is 25.6. The van der Waals surface area contributed by atoms with E-state index < -0.39 is 48.8 Å². The van der Waals surface area contributed by atoms with Gasteiger partial charge in [0, 0.05) is 13.0 Å². The molecule has 202 valence electrons. The van der Waals surface area contributed by atoms with E-state index in [4.69, 9.17) is 15.5 Å². The first kappa shape index (κ1) is 28.2. The lowest BCUT2D eigenvalue weighted by Gasteiger charge is -2.52. The molecule has 3 heterocycles. The fraction of sp³-hybridized carbons (Fsp3) is 0.920. The van der Waals surface area contributed by atoms with Crippen LogP contribution in [0.2, 0.25) is 0 Å². The van der Waals surface area contributed by atoms with Gasteiger partial charge in [0.05, 0.1) is 12.9 Å². The standard InChI is InChI=1S/C25H46FN5O4/c1-4-7-10-13-24-22(27)29-25(26,14-11-8-5-2)31(15-12-9-6-3)23(24)30(17-28-24)21-20(34)19(33)18(16-32)35-21/h17-21,23,32-34H,4-16H2,1-3H3,(H2,27,29)/t18-,19?,20?,21-,23?,24?,25?/m1/s1. The number of aliphatic imine (C=N–C) groups is 2. The molecule has 3 aliphatic heterocycles. The zero-order valence-corrected chi connectivity index (χ0v) is 21.7. The minimum atomic E-state index is -1.99. The Balaban J connectivity index is 2.03. The molecule has 0 bridgehead atoms. The summed E-state index contributed by atoms with van der Waals surface area (Å²) < 4.78 is 22.7. The maximum absolute atomic E-state index is 16.8. The Morgan fingerprint density at radius 1 is 1.00 bits per heavy atom. The number of amidine groups is 1. The molecule has 0 saturated carbocycles. The highest BCUT2D eigenvalue weighted by Gasteiger charge is 2.62. The molecule has 7 atom stereocenters. The van der Waals surface area contributed by atoms with Crippen molar-refractivity contribution in [2.45, 2.75) is 134 Å². The van der Waals surface area contributed by atoms with E-state index in [2.05, 4.69) is 25.8 Å². The molecule has 1 fully saturated rings. The summed E-state index contributed by atoms with van der Waals surface area (Å²) in [4.78, 5) is 12.8. The molecule has 0 aromatic heterocycles. The van der Waals surface area contributed by atoms with E-state index in [9.17, 15) is 15.3 Å². The van der Waals surface area contributed by atoms with Crippen LogP contribution in [0.15, 0.2) is 9.98 Å². The summed E-state index contributed by atoms with van der Waals surface area (Å²) in [5.74, 6) is -1.81. The van der Waals surface area contributed by atoms with E-state index in [1.807, 2.05) is 0 Å². The number of unbranched alkanes of at least 4 members (excludes halogenated alkanes) is 6. The summed E-state index contributed by atoms with van der Waals surface area (Å²) in [7, 11) is 0. The number of hydrogen-bond acceptors (Lipinski definition) is 9. The second-order valence-corrected chi connectivity index (χ2v) is 10.2. The Labute approximate surface area is 209 Å². The minimum Gasteiger partial charge on any atom is -0.394 e. The number of ether oxygens (including phenoxy) is 1. The van der Waals surface area contributed by atoms with E-state index in [1.165, 1.54) is 0 Å². The first-order chi connectivity index (χ1) is 16.8. The number of aliphatic hydroxyl groups excluding tert-OH is 3. The van der Waals surface area contributed by atoms with Crippen LogP contribution in [0, 0.1) is 0 Å². The second kappa shape index (κ2) is 12.3. The SMILES string of the molecule is CCCCCN1C2N([C@@H]3O[C@H](CO)C(O)C3O)C=NC2(CCCCC)C(N)=NC1(F)CCCCC. The monoisotopic (exact) mass is 499 g/mol. The minimum absolute atomic E-state index is 0.176. The number of nitrogens with two attached hydrogens (primary N) is 1. The van der Waals surface area contributed by atoms with Crippen molar-refractivity contribution in [3.05, 3.63) is 0 Å². The normalized spacial score (nSPS) is 37.2. The average molecular weight is 500 g/mol. The third kappa shape index (κ3) is 5.51. The lowest BCUT2D eigenvalue weighted by atomic mass is 9.84. The van der Waals surface area contributed by atoms with Crippen LogP contribution in [-0.2, 0) is 4.74 Å². The van der Waals surface area contributed by atoms with Gasteiger partial charge >= 0.3 is 0 Å². The first-order valence-electron chi connectivity index (χ1n) is 13.6. The van der Waals surface area contributed by atoms with Gasteiger partial charge in [-0.3, -0.25) is 4.99 Å². The molecular weight excluding hydrogens is 453 g/mol. The van der Waals surface area contributed by atoms with Crippen LogP contribution in [0.4, 0.5) is 4.39 Å². The highest BCUT2D eigenvalue weighted by Crippen LogP contribution is 2.46. The summed E-state index contributed by atoms with van der Waals surface area (Å²) in [6, 6.07) is 0. The number of hydrogen-bond donors (Lipinski definition) is 4. The van der Waals surface area contributed by atoms with Crippen LogP contribution < -0.4 is 5.73 Å². The van der Waals surface area contributed by atoms with Crippen molar-refractivity contribution in [3.63, 3.8) is 0 Å². The fourth-order valence-corrected chi connectivity index (χ4v) is 5.62. The summed E-state index contributed by atoms with van der Waals surface area (Å²) in [6.45, 7) is 6.33. The van der Waals surface area contributed by atoms with Gasteiger partial charge in [0.1, 0.15) is 30.3 Å². The summed E-state index contributed by atoms with van der Waals surface area (Å²) in [5.41, 5.74) is 5.60. The van der Waals surface area contributed by atoms with Gasteiger partial charge < -0.3 is 30.7 Å². The predicted molar refractivity (Wildman–Crippen MR) is 135 cm³/mol. The number of aliphatic hydroxyl groups is 3. The van der Waals surface area contributed by atoms with Crippen molar-refractivity contribution in [1.82, 2.24) is 9.80 Å². The average Bonchev–Trinajstić information content (AvgIpc) is 3.35. The molecule has 9 nitrogen and oxygen atoms in total. The molecule has 0 spiro atoms. The van der Waals surface area contributed by atoms with Gasteiger partial charge in [-0.1, -0.05) is 65.7 Å². The lowest BCUT2D eigenvalue weighted by molar-refractivity contribution is -0.160. The van der Waals surface area contributed by atoms with Crippen LogP contribution in [0.3, 0.4) is 0 Å². The van der Waals surface area contributed by atoms with Crippen molar-refractivity contribution >= 4 is 12.2 Å². The molecule has 5 N–H and O–H groups in total. The van der Waals surface area contributed by atoms with Crippen LogP contribution in [-0.4, -0.2) is 92.6 Å². The quantitative estimate of drug-likeness (QED) is 0.214. The molecule has 1 saturated heterocycles. The number of alkyl halides is 1. The van der Waals surface area contributed by atoms with Crippen LogP contribution in [0.25, 0.3) is 0 Å². The second-order valence-electron chi connectivity index (χ2n) is 10.2. The largest absolute Gasteiger partial charge is 0.394 e. The highest BCUT2D eigenvalue weighted by molar-refractivity contribution is 5.95. The molecule has 0 aromatic rings. The van der Waals surface area contributed by atoms with Gasteiger partial charge in [-0.15, -0.1) is 0 Å². The maximum atomic E-state index is 16.8. The number of fused-ring (bicyclic) bond motifs is 1. The summed E-state index contributed by atoms with van der Waals surface area (Å²) in [6.07, 6.45) is 5.42. The molecule has 0 radical (unpaired) electrons. The van der Waals surface area contributed by atoms with Crippen LogP contribution in [0.1, 0.15) is 91.4 Å². The Morgan fingerprint density at radius 2 is 1.63 bits per heavy atom. The van der Waals surface area contributed by atoms with E-state index >= 15 is 4.39 Å². The molecular formula is C25H46FN5O4. The third-order valence-corrected chi connectivity index (χ3v) is 7.68. The highest BCUT2D eigenvalue weighted by atomic mass is 19.1. The molecule has 10 heteroatoms. The maximum Gasteiger partial charge on any atom is 0.260 e. The van der Waals surface area contributed by atoms with Crippen molar-refractivity contribution < 1.29 is 24.4 Å². The molecule has 35 heavy (non-hydrogen) atoms. The molecule has 5 unspecified atom stereocenters. The topological polar surface area (TPSA) is 127 Å². The fourth-order valence-electron chi connectivity index (χ4n) is 5.62. The third-order valence-electron chi connectivity index (χ3n) is 7.68. The smallest absolute Gasteiger partial charge is 0.260 e. The molecule has 0 amide bonds. The van der Waals surface area contributed by atoms with Crippen LogP contribution in [0.5, 0.6) is 0 Å². The number of nitrogens with zero attached hydrogens (tertiary/aromatic N) is 4. The lowest BCUT2D eigenvalue weighted by Crippen LogP contribution is -2.71. The molecule has 0 aliphatic carbocycles. The Hall–Kier alpha value is -1.33.